The molecule has 3 nitrogen and oxygen atoms in total. The van der Waals surface area contributed by atoms with Gasteiger partial charge in [0.05, 0.1) is 0 Å². The molecule has 0 radical (unpaired) electrons. The average molecular weight is 155 g/mol. The molecule has 1 aliphatic rings. The minimum Gasteiger partial charge on any atom is -0.478 e. The highest BCUT2D eigenvalue weighted by Crippen LogP contribution is 2.08. The molecular weight excluding hydrogens is 142 g/mol. The normalized spacial score (nSPS) is 19.5. The van der Waals surface area contributed by atoms with Crippen molar-refractivity contribution in [1.29, 1.82) is 0 Å². The van der Waals surface area contributed by atoms with Crippen molar-refractivity contribution in [3.63, 3.8) is 0 Å². The summed E-state index contributed by atoms with van der Waals surface area (Å²) >= 11 is 0. The maximum absolute atomic E-state index is 10.5. The molecule has 0 aliphatic carbocycles. The molecule has 1 heterocycles. The highest BCUT2D eigenvalue weighted by atomic mass is 16.4. The van der Waals surface area contributed by atoms with E-state index in [1.165, 1.54) is 0 Å². The van der Waals surface area contributed by atoms with Gasteiger partial charge in [0.2, 0.25) is 0 Å². The minimum absolute atomic E-state index is 0.540. The summed E-state index contributed by atoms with van der Waals surface area (Å²) in [7, 11) is 0. The predicted octanol–water partition coefficient (Wildman–Crippen LogP) is 0.723. The molecule has 0 fully saturated rings. The molecule has 1 N–H and O–H groups in total. The lowest BCUT2D eigenvalue weighted by atomic mass is 10.1. The molecule has 3 heteroatoms. The van der Waals surface area contributed by atoms with E-state index in [1.54, 1.807) is 0 Å². The van der Waals surface area contributed by atoms with Crippen molar-refractivity contribution in [2.24, 2.45) is 0 Å². The Labute approximate surface area is 66.3 Å². The van der Waals surface area contributed by atoms with Gasteiger partial charge in [0, 0.05) is 18.7 Å². The van der Waals surface area contributed by atoms with Crippen LogP contribution in [-0.4, -0.2) is 35.6 Å². The first kappa shape index (κ1) is 8.27. The Morgan fingerprint density at radius 1 is 1.82 bits per heavy atom. The molecule has 1 rings (SSSR count). The van der Waals surface area contributed by atoms with E-state index in [2.05, 4.69) is 4.90 Å². The van der Waals surface area contributed by atoms with Gasteiger partial charge in [-0.15, -0.1) is 0 Å². The Morgan fingerprint density at radius 3 is 3.09 bits per heavy atom. The van der Waals surface area contributed by atoms with Gasteiger partial charge in [-0.1, -0.05) is 13.0 Å². The van der Waals surface area contributed by atoms with Crippen LogP contribution in [0.1, 0.15) is 13.3 Å². The summed E-state index contributed by atoms with van der Waals surface area (Å²) in [6.45, 7) is 4.58. The lowest BCUT2D eigenvalue weighted by Gasteiger charge is -2.23. The summed E-state index contributed by atoms with van der Waals surface area (Å²) in [5, 5.41) is 8.66. The number of likely N-dealkylation sites (N-methyl/N-ethyl adjacent to an activating group) is 1. The molecule has 0 aromatic carbocycles. The van der Waals surface area contributed by atoms with Crippen molar-refractivity contribution in [3.05, 3.63) is 11.6 Å². The standard InChI is InChI=1S/C8H13NO2/c1-2-9-5-3-4-7(6-9)8(10)11/h4H,2-3,5-6H2,1H3,(H,10,11). The van der Waals surface area contributed by atoms with Gasteiger partial charge in [0.25, 0.3) is 0 Å². The second-order valence-corrected chi connectivity index (χ2v) is 2.69. The van der Waals surface area contributed by atoms with Gasteiger partial charge >= 0.3 is 5.97 Å². The molecule has 11 heavy (non-hydrogen) atoms. The zero-order valence-electron chi connectivity index (χ0n) is 6.71. The van der Waals surface area contributed by atoms with Crippen LogP contribution in [0.5, 0.6) is 0 Å². The highest BCUT2D eigenvalue weighted by Gasteiger charge is 2.15. The van der Waals surface area contributed by atoms with E-state index in [0.29, 0.717) is 12.1 Å². The Morgan fingerprint density at radius 2 is 2.55 bits per heavy atom. The summed E-state index contributed by atoms with van der Waals surface area (Å²) in [5.41, 5.74) is 0.540. The van der Waals surface area contributed by atoms with E-state index >= 15 is 0 Å². The number of nitrogens with zero attached hydrogens (tertiary/aromatic N) is 1. The molecule has 0 amide bonds. The van der Waals surface area contributed by atoms with Crippen LogP contribution in [0.25, 0.3) is 0 Å². The Kier molecular flexibility index (Phi) is 2.65. The zero-order chi connectivity index (χ0) is 8.27. The van der Waals surface area contributed by atoms with Gasteiger partial charge in [-0.2, -0.15) is 0 Å². The molecule has 62 valence electrons. The van der Waals surface area contributed by atoms with Crippen molar-refractivity contribution in [2.45, 2.75) is 13.3 Å². The summed E-state index contributed by atoms with van der Waals surface area (Å²) in [6.07, 6.45) is 2.68. The van der Waals surface area contributed by atoms with Gasteiger partial charge in [-0.05, 0) is 13.0 Å². The van der Waals surface area contributed by atoms with E-state index in [-0.39, 0.29) is 0 Å². The fraction of sp³-hybridized carbons (Fsp3) is 0.625. The quantitative estimate of drug-likeness (QED) is 0.639. The van der Waals surface area contributed by atoms with Crippen molar-refractivity contribution >= 4 is 5.97 Å². The lowest BCUT2D eigenvalue weighted by Crippen LogP contribution is -2.31. The van der Waals surface area contributed by atoms with Crippen LogP contribution in [0, 0.1) is 0 Å². The number of carboxylic acid groups (broad SMARTS) is 1. The van der Waals surface area contributed by atoms with E-state index in [1.807, 2.05) is 13.0 Å². The second-order valence-electron chi connectivity index (χ2n) is 2.69. The summed E-state index contributed by atoms with van der Waals surface area (Å²) in [4.78, 5) is 12.6. The molecule has 0 aromatic heterocycles. The first-order valence-corrected chi connectivity index (χ1v) is 3.88. The Balaban J connectivity index is 2.55. The first-order chi connectivity index (χ1) is 5.24. The van der Waals surface area contributed by atoms with Crippen LogP contribution < -0.4 is 0 Å². The number of carboxylic acids is 1. The van der Waals surface area contributed by atoms with Crippen molar-refractivity contribution in [1.82, 2.24) is 4.90 Å². The Bertz CT molecular complexity index is 187. The second kappa shape index (κ2) is 3.53. The van der Waals surface area contributed by atoms with E-state index in [9.17, 15) is 4.79 Å². The van der Waals surface area contributed by atoms with Crippen molar-refractivity contribution in [2.75, 3.05) is 19.6 Å². The summed E-state index contributed by atoms with van der Waals surface area (Å²) < 4.78 is 0. The fourth-order valence-corrected chi connectivity index (χ4v) is 1.23. The lowest BCUT2D eigenvalue weighted by molar-refractivity contribution is -0.133. The minimum atomic E-state index is -0.775. The van der Waals surface area contributed by atoms with Crippen molar-refractivity contribution < 1.29 is 9.90 Å². The van der Waals surface area contributed by atoms with E-state index in [4.69, 9.17) is 5.11 Å². The fourth-order valence-electron chi connectivity index (χ4n) is 1.23. The zero-order valence-corrected chi connectivity index (χ0v) is 6.71. The molecule has 0 saturated heterocycles. The third kappa shape index (κ3) is 2.05. The molecule has 0 aromatic rings. The molecule has 0 bridgehead atoms. The summed E-state index contributed by atoms with van der Waals surface area (Å²) in [6, 6.07) is 0. The monoisotopic (exact) mass is 155 g/mol. The number of hydrogen-bond acceptors (Lipinski definition) is 2. The molecule has 0 saturated carbocycles. The van der Waals surface area contributed by atoms with Gasteiger partial charge in [-0.3, -0.25) is 4.90 Å². The van der Waals surface area contributed by atoms with E-state index < -0.39 is 5.97 Å². The smallest absolute Gasteiger partial charge is 0.332 e. The van der Waals surface area contributed by atoms with Crippen molar-refractivity contribution in [3.8, 4) is 0 Å². The predicted molar refractivity (Wildman–Crippen MR) is 42.4 cm³/mol. The number of hydrogen-bond donors (Lipinski definition) is 1. The highest BCUT2D eigenvalue weighted by molar-refractivity contribution is 5.87. The molecule has 0 atom stereocenters. The van der Waals surface area contributed by atoms with Crippen LogP contribution in [0.2, 0.25) is 0 Å². The maximum atomic E-state index is 10.5. The van der Waals surface area contributed by atoms with Crippen LogP contribution in [0.3, 0.4) is 0 Å². The number of carbonyl (C=O) groups is 1. The number of rotatable bonds is 2. The van der Waals surface area contributed by atoms with Gasteiger partial charge in [0.15, 0.2) is 0 Å². The SMILES string of the molecule is CCN1CCC=C(C(=O)O)C1. The molecule has 1 aliphatic heterocycles. The van der Waals surface area contributed by atoms with E-state index in [0.717, 1.165) is 19.5 Å². The van der Waals surface area contributed by atoms with Gasteiger partial charge < -0.3 is 5.11 Å². The third-order valence-corrected chi connectivity index (χ3v) is 1.95. The third-order valence-electron chi connectivity index (χ3n) is 1.95. The van der Waals surface area contributed by atoms with Crippen LogP contribution in [-0.2, 0) is 4.79 Å². The number of aliphatic carboxylic acids is 1. The molecule has 0 spiro atoms. The van der Waals surface area contributed by atoms with Crippen LogP contribution >= 0.6 is 0 Å². The van der Waals surface area contributed by atoms with Crippen LogP contribution in [0.15, 0.2) is 11.6 Å². The molecule has 0 unspecified atom stereocenters. The molecular formula is C8H13NO2. The average Bonchev–Trinajstić information content (AvgIpc) is 2.05. The Hall–Kier alpha value is -0.830. The summed E-state index contributed by atoms with van der Waals surface area (Å²) in [5.74, 6) is -0.775. The van der Waals surface area contributed by atoms with Gasteiger partial charge in [0.1, 0.15) is 0 Å². The van der Waals surface area contributed by atoms with Gasteiger partial charge in [-0.25, -0.2) is 4.79 Å². The maximum Gasteiger partial charge on any atom is 0.332 e. The first-order valence-electron chi connectivity index (χ1n) is 3.88. The topological polar surface area (TPSA) is 40.5 Å². The van der Waals surface area contributed by atoms with Crippen LogP contribution in [0.4, 0.5) is 0 Å². The largest absolute Gasteiger partial charge is 0.478 e.